The lowest BCUT2D eigenvalue weighted by atomic mass is 10.1. The molecule has 0 bridgehead atoms. The van der Waals surface area contributed by atoms with Crippen molar-refractivity contribution in [3.63, 3.8) is 0 Å². The molecule has 3 rings (SSSR count). The molecule has 0 unspecified atom stereocenters. The third-order valence-electron chi connectivity index (χ3n) is 6.41. The Morgan fingerprint density at radius 1 is 0.868 bits per heavy atom. The van der Waals surface area contributed by atoms with Gasteiger partial charge in [0, 0.05) is 13.1 Å². The molecule has 0 spiro atoms. The average molecular weight is 536 g/mol. The maximum absolute atomic E-state index is 14.0. The van der Waals surface area contributed by atoms with Gasteiger partial charge in [-0.1, -0.05) is 74.0 Å². The Morgan fingerprint density at radius 3 is 2.13 bits per heavy atom. The lowest BCUT2D eigenvalue weighted by molar-refractivity contribution is -0.140. The average Bonchev–Trinajstić information content (AvgIpc) is 2.92. The first-order valence-electron chi connectivity index (χ1n) is 13.0. The minimum Gasteiger partial charge on any atom is -0.355 e. The first-order chi connectivity index (χ1) is 18.2. The second kappa shape index (κ2) is 13.2. The number of anilines is 1. The van der Waals surface area contributed by atoms with E-state index in [0.717, 1.165) is 27.4 Å². The highest BCUT2D eigenvalue weighted by Crippen LogP contribution is 2.25. The molecular formula is C30H37N3O4S. The largest absolute Gasteiger partial charge is 0.355 e. The molecule has 0 saturated heterocycles. The summed E-state index contributed by atoms with van der Waals surface area (Å²) >= 11 is 0. The zero-order valence-electron chi connectivity index (χ0n) is 22.6. The highest BCUT2D eigenvalue weighted by Gasteiger charge is 2.33. The van der Waals surface area contributed by atoms with Gasteiger partial charge in [-0.2, -0.15) is 0 Å². The molecule has 7 nitrogen and oxygen atoms in total. The molecule has 1 atom stereocenters. The van der Waals surface area contributed by atoms with Crippen molar-refractivity contribution in [1.82, 2.24) is 10.2 Å². The summed E-state index contributed by atoms with van der Waals surface area (Å²) in [4.78, 5) is 28.5. The molecule has 3 aromatic carbocycles. The molecule has 0 aliphatic rings. The summed E-state index contributed by atoms with van der Waals surface area (Å²) in [5.74, 6) is -0.718. The maximum atomic E-state index is 14.0. The van der Waals surface area contributed by atoms with Gasteiger partial charge in [0.1, 0.15) is 12.6 Å². The summed E-state index contributed by atoms with van der Waals surface area (Å²) in [5, 5.41) is 2.82. The maximum Gasteiger partial charge on any atom is 0.264 e. The van der Waals surface area contributed by atoms with Crippen molar-refractivity contribution < 1.29 is 18.0 Å². The third kappa shape index (κ3) is 7.01. The molecule has 0 aromatic heterocycles. The van der Waals surface area contributed by atoms with E-state index in [1.165, 1.54) is 17.0 Å². The lowest BCUT2D eigenvalue weighted by Gasteiger charge is -2.33. The predicted octanol–water partition coefficient (Wildman–Crippen LogP) is 4.70. The fourth-order valence-corrected chi connectivity index (χ4v) is 5.80. The van der Waals surface area contributed by atoms with Crippen LogP contribution in [0.25, 0.3) is 0 Å². The SMILES string of the molecule is CCNC(=O)[C@@H](CC)N(Cc1cccc(C)c1)C(=O)CN(c1ccc(CC)cc1)S(=O)(=O)c1ccccc1. The molecule has 0 aliphatic carbocycles. The number of nitrogens with one attached hydrogen (secondary N) is 1. The highest BCUT2D eigenvalue weighted by atomic mass is 32.2. The Hall–Kier alpha value is -3.65. The van der Waals surface area contributed by atoms with Crippen LogP contribution in [0.1, 0.15) is 43.9 Å². The normalized spacial score (nSPS) is 12.0. The lowest BCUT2D eigenvalue weighted by Crippen LogP contribution is -2.52. The van der Waals surface area contributed by atoms with Crippen LogP contribution in [0.5, 0.6) is 0 Å². The van der Waals surface area contributed by atoms with Crippen LogP contribution in [0, 0.1) is 6.92 Å². The molecule has 202 valence electrons. The van der Waals surface area contributed by atoms with Crippen LogP contribution in [0.2, 0.25) is 0 Å². The Morgan fingerprint density at radius 2 is 1.55 bits per heavy atom. The van der Waals surface area contributed by atoms with Crippen molar-refractivity contribution in [2.75, 3.05) is 17.4 Å². The minimum absolute atomic E-state index is 0.0911. The van der Waals surface area contributed by atoms with Gasteiger partial charge in [-0.05, 0) is 62.1 Å². The first kappa shape index (κ1) is 28.9. The van der Waals surface area contributed by atoms with Gasteiger partial charge in [0.25, 0.3) is 10.0 Å². The van der Waals surface area contributed by atoms with E-state index < -0.39 is 28.5 Å². The number of nitrogens with zero attached hydrogens (tertiary/aromatic N) is 2. The van der Waals surface area contributed by atoms with Crippen LogP contribution in [0.15, 0.2) is 83.8 Å². The van der Waals surface area contributed by atoms with E-state index in [-0.39, 0.29) is 17.3 Å². The van der Waals surface area contributed by atoms with E-state index in [4.69, 9.17) is 0 Å². The molecule has 0 heterocycles. The molecule has 2 amide bonds. The number of aryl methyl sites for hydroxylation is 2. The van der Waals surface area contributed by atoms with Crippen LogP contribution >= 0.6 is 0 Å². The number of carbonyl (C=O) groups excluding carboxylic acids is 2. The molecule has 1 N–H and O–H groups in total. The van der Waals surface area contributed by atoms with Gasteiger partial charge in [-0.15, -0.1) is 0 Å². The summed E-state index contributed by atoms with van der Waals surface area (Å²) in [7, 11) is -4.06. The number of hydrogen-bond acceptors (Lipinski definition) is 4. The number of hydrogen-bond donors (Lipinski definition) is 1. The summed E-state index contributed by atoms with van der Waals surface area (Å²) < 4.78 is 28.7. The van der Waals surface area contributed by atoms with E-state index in [9.17, 15) is 18.0 Å². The van der Waals surface area contributed by atoms with E-state index in [2.05, 4.69) is 5.32 Å². The molecule has 8 heteroatoms. The number of amides is 2. The molecular weight excluding hydrogens is 498 g/mol. The fraction of sp³-hybridized carbons (Fsp3) is 0.333. The van der Waals surface area contributed by atoms with E-state index in [1.807, 2.05) is 64.1 Å². The van der Waals surface area contributed by atoms with Gasteiger partial charge in [-0.25, -0.2) is 8.42 Å². The second-order valence-corrected chi connectivity index (χ2v) is 11.0. The van der Waals surface area contributed by atoms with Gasteiger partial charge in [-0.3, -0.25) is 13.9 Å². The van der Waals surface area contributed by atoms with Crippen molar-refractivity contribution in [1.29, 1.82) is 0 Å². The molecule has 0 fully saturated rings. The van der Waals surface area contributed by atoms with Gasteiger partial charge in [0.05, 0.1) is 10.6 Å². The van der Waals surface area contributed by atoms with Crippen molar-refractivity contribution in [2.24, 2.45) is 0 Å². The molecule has 0 saturated carbocycles. The second-order valence-electron chi connectivity index (χ2n) is 9.17. The minimum atomic E-state index is -4.06. The zero-order valence-corrected chi connectivity index (χ0v) is 23.4. The van der Waals surface area contributed by atoms with Crippen LogP contribution in [-0.2, 0) is 32.6 Å². The number of likely N-dealkylation sites (N-methyl/N-ethyl adjacent to an activating group) is 1. The quantitative estimate of drug-likeness (QED) is 0.364. The van der Waals surface area contributed by atoms with Crippen LogP contribution in [-0.4, -0.2) is 44.3 Å². The number of rotatable bonds is 12. The van der Waals surface area contributed by atoms with Crippen LogP contribution in [0.4, 0.5) is 5.69 Å². The van der Waals surface area contributed by atoms with Gasteiger partial charge in [0.15, 0.2) is 0 Å². The molecule has 0 aliphatic heterocycles. The van der Waals surface area contributed by atoms with Crippen molar-refractivity contribution in [3.8, 4) is 0 Å². The van der Waals surface area contributed by atoms with Crippen molar-refractivity contribution >= 4 is 27.5 Å². The van der Waals surface area contributed by atoms with Crippen LogP contribution in [0.3, 0.4) is 0 Å². The zero-order chi connectivity index (χ0) is 27.7. The molecule has 0 radical (unpaired) electrons. The monoisotopic (exact) mass is 535 g/mol. The summed E-state index contributed by atoms with van der Waals surface area (Å²) in [6.07, 6.45) is 1.19. The predicted molar refractivity (Wildman–Crippen MR) is 151 cm³/mol. The van der Waals surface area contributed by atoms with E-state index in [1.54, 1.807) is 30.3 Å². The smallest absolute Gasteiger partial charge is 0.264 e. The van der Waals surface area contributed by atoms with E-state index >= 15 is 0 Å². The topological polar surface area (TPSA) is 86.8 Å². The van der Waals surface area contributed by atoms with Gasteiger partial charge < -0.3 is 10.2 Å². The van der Waals surface area contributed by atoms with Gasteiger partial charge >= 0.3 is 0 Å². The fourth-order valence-electron chi connectivity index (χ4n) is 4.37. The number of benzene rings is 3. The number of carbonyl (C=O) groups is 2. The van der Waals surface area contributed by atoms with Crippen LogP contribution < -0.4 is 9.62 Å². The summed E-state index contributed by atoms with van der Waals surface area (Å²) in [5.41, 5.74) is 3.34. The Balaban J connectivity index is 2.05. The number of sulfonamides is 1. The summed E-state index contributed by atoms with van der Waals surface area (Å²) in [6.45, 7) is 7.83. The summed E-state index contributed by atoms with van der Waals surface area (Å²) in [6, 6.07) is 22.2. The first-order valence-corrected chi connectivity index (χ1v) is 14.4. The van der Waals surface area contributed by atoms with Crippen molar-refractivity contribution in [2.45, 2.75) is 58.0 Å². The Kier molecular flexibility index (Phi) is 10.1. The molecule has 3 aromatic rings. The Labute approximate surface area is 226 Å². The van der Waals surface area contributed by atoms with Crippen molar-refractivity contribution in [3.05, 3.63) is 95.6 Å². The molecule has 38 heavy (non-hydrogen) atoms. The third-order valence-corrected chi connectivity index (χ3v) is 8.20. The van der Waals surface area contributed by atoms with Gasteiger partial charge in [0.2, 0.25) is 11.8 Å². The Bertz CT molecular complexity index is 1330. The standard InChI is InChI=1S/C30H37N3O4S/c1-5-24-16-18-26(19-17-24)33(38(36,37)27-14-9-8-10-15-27)22-29(34)32(28(6-2)30(35)31-7-3)21-25-13-11-12-23(4)20-25/h8-20,28H,5-7,21-22H2,1-4H3,(H,31,35)/t28-/m1/s1. The van der Waals surface area contributed by atoms with E-state index in [0.29, 0.717) is 18.7 Å². The highest BCUT2D eigenvalue weighted by molar-refractivity contribution is 7.92.